The van der Waals surface area contributed by atoms with Crippen molar-refractivity contribution in [2.75, 3.05) is 0 Å². The number of benzene rings is 2. The maximum Gasteiger partial charge on any atom is 0.216 e. The molecule has 0 spiro atoms. The topological polar surface area (TPSA) is 66.2 Å². The highest BCUT2D eigenvalue weighted by Crippen LogP contribution is 2.26. The van der Waals surface area contributed by atoms with E-state index in [1.807, 2.05) is 12.1 Å². The molecule has 1 aromatic heterocycles. The van der Waals surface area contributed by atoms with E-state index < -0.39 is 0 Å². The van der Waals surface area contributed by atoms with Crippen LogP contribution in [0.25, 0.3) is 11.4 Å². The second-order valence-corrected chi connectivity index (χ2v) is 8.24. The summed E-state index contributed by atoms with van der Waals surface area (Å²) in [5, 5.41) is 21.4. The number of aromatic hydroxyl groups is 1. The number of nitrogens with zero attached hydrogens (tertiary/aromatic N) is 3. The van der Waals surface area contributed by atoms with Crippen molar-refractivity contribution in [2.24, 2.45) is 5.10 Å². The third-order valence-electron chi connectivity index (χ3n) is 3.96. The van der Waals surface area contributed by atoms with Crippen LogP contribution in [0.5, 0.6) is 5.75 Å². The van der Waals surface area contributed by atoms with Gasteiger partial charge in [-0.1, -0.05) is 61.0 Å². The van der Waals surface area contributed by atoms with Crippen molar-refractivity contribution in [2.45, 2.75) is 26.2 Å². The maximum atomic E-state index is 9.96. The molecule has 2 aromatic carbocycles. The zero-order valence-corrected chi connectivity index (χ0v) is 17.1. The fraction of sp³-hybridized carbons (Fsp3) is 0.211. The Balaban J connectivity index is 1.98. The molecule has 7 heteroatoms. The number of aromatic nitrogens is 3. The van der Waals surface area contributed by atoms with Crippen molar-refractivity contribution >= 4 is 34.4 Å². The van der Waals surface area contributed by atoms with Crippen LogP contribution >= 0.6 is 28.1 Å². The van der Waals surface area contributed by atoms with E-state index in [-0.39, 0.29) is 11.2 Å². The molecule has 0 aliphatic rings. The number of nitrogens with one attached hydrogen (secondary N) is 1. The molecule has 0 radical (unpaired) electrons. The Kier molecular flexibility index (Phi) is 5.11. The van der Waals surface area contributed by atoms with Gasteiger partial charge in [-0.3, -0.25) is 0 Å². The average molecular weight is 431 g/mol. The Morgan fingerprint density at radius 1 is 1.19 bits per heavy atom. The van der Waals surface area contributed by atoms with Gasteiger partial charge in [-0.2, -0.15) is 14.9 Å². The molecule has 0 bridgehead atoms. The highest BCUT2D eigenvalue weighted by molar-refractivity contribution is 9.10. The first-order valence-corrected chi connectivity index (χ1v) is 9.27. The zero-order chi connectivity index (χ0) is 18.9. The largest absolute Gasteiger partial charge is 0.507 e. The van der Waals surface area contributed by atoms with Crippen LogP contribution in [0.4, 0.5) is 0 Å². The number of phenols is 1. The third-order valence-corrected chi connectivity index (χ3v) is 4.72. The number of rotatable bonds is 3. The molecule has 0 aliphatic heterocycles. The summed E-state index contributed by atoms with van der Waals surface area (Å²) in [6.07, 6.45) is 1.55. The molecule has 3 rings (SSSR count). The van der Waals surface area contributed by atoms with Crippen molar-refractivity contribution in [3.63, 3.8) is 0 Å². The van der Waals surface area contributed by atoms with E-state index >= 15 is 0 Å². The summed E-state index contributed by atoms with van der Waals surface area (Å²) in [5.41, 5.74) is 2.81. The van der Waals surface area contributed by atoms with E-state index in [0.29, 0.717) is 16.2 Å². The Morgan fingerprint density at radius 2 is 1.88 bits per heavy atom. The summed E-state index contributed by atoms with van der Waals surface area (Å²) in [6.45, 7) is 6.52. The molecule has 134 valence electrons. The van der Waals surface area contributed by atoms with Crippen molar-refractivity contribution in [1.29, 1.82) is 0 Å². The minimum absolute atomic E-state index is 0.0830. The molecule has 2 N–H and O–H groups in total. The van der Waals surface area contributed by atoms with Gasteiger partial charge in [0.05, 0.1) is 6.21 Å². The van der Waals surface area contributed by atoms with E-state index in [1.54, 1.807) is 29.1 Å². The lowest BCUT2D eigenvalue weighted by atomic mass is 9.87. The summed E-state index contributed by atoms with van der Waals surface area (Å²) < 4.78 is 2.78. The number of hydrogen-bond donors (Lipinski definition) is 2. The van der Waals surface area contributed by atoms with Crippen LogP contribution in [-0.2, 0) is 5.41 Å². The zero-order valence-electron chi connectivity index (χ0n) is 14.7. The van der Waals surface area contributed by atoms with Gasteiger partial charge in [0, 0.05) is 15.6 Å². The highest BCUT2D eigenvalue weighted by Gasteiger charge is 2.14. The normalized spacial score (nSPS) is 12.0. The van der Waals surface area contributed by atoms with E-state index in [2.05, 4.69) is 64.1 Å². The average Bonchev–Trinajstić information content (AvgIpc) is 2.96. The van der Waals surface area contributed by atoms with Crippen LogP contribution in [0.2, 0.25) is 0 Å². The van der Waals surface area contributed by atoms with Crippen LogP contribution in [0.1, 0.15) is 31.9 Å². The predicted molar refractivity (Wildman–Crippen MR) is 110 cm³/mol. The molecule has 0 saturated heterocycles. The molecule has 0 saturated carbocycles. The molecule has 26 heavy (non-hydrogen) atoms. The lowest BCUT2D eigenvalue weighted by Crippen LogP contribution is -2.10. The second-order valence-electron chi connectivity index (χ2n) is 6.94. The smallest absolute Gasteiger partial charge is 0.216 e. The van der Waals surface area contributed by atoms with Gasteiger partial charge < -0.3 is 5.11 Å². The van der Waals surface area contributed by atoms with Crippen LogP contribution < -0.4 is 0 Å². The van der Waals surface area contributed by atoms with Gasteiger partial charge in [0.1, 0.15) is 5.75 Å². The van der Waals surface area contributed by atoms with Crippen LogP contribution in [0.15, 0.2) is 52.0 Å². The monoisotopic (exact) mass is 430 g/mol. The quantitative estimate of drug-likeness (QED) is 0.440. The Hall–Kier alpha value is -2.25. The lowest BCUT2D eigenvalue weighted by molar-refractivity contribution is 0.474. The summed E-state index contributed by atoms with van der Waals surface area (Å²) in [6, 6.07) is 13.3. The van der Waals surface area contributed by atoms with Gasteiger partial charge in [-0.15, -0.1) is 0 Å². The van der Waals surface area contributed by atoms with E-state index in [0.717, 1.165) is 10.0 Å². The summed E-state index contributed by atoms with van der Waals surface area (Å²) in [5.74, 6) is 0.754. The van der Waals surface area contributed by atoms with E-state index in [1.165, 1.54) is 5.56 Å². The van der Waals surface area contributed by atoms with Gasteiger partial charge in [0.25, 0.3) is 0 Å². The standard InChI is InChI=1S/C19H19BrN4OS/c1-19(2,3)14-6-4-12(5-7-14)17-22-23-18(26)24(17)21-11-13-10-15(20)8-9-16(13)25/h4-11,25H,1-3H3,(H,23,26). The van der Waals surface area contributed by atoms with Crippen molar-refractivity contribution in [3.05, 3.63) is 62.8 Å². The first-order valence-electron chi connectivity index (χ1n) is 8.07. The van der Waals surface area contributed by atoms with Crippen molar-refractivity contribution in [3.8, 4) is 17.1 Å². The van der Waals surface area contributed by atoms with Gasteiger partial charge in [0.2, 0.25) is 4.77 Å². The summed E-state index contributed by atoms with van der Waals surface area (Å²) >= 11 is 8.68. The molecule has 0 amide bonds. The summed E-state index contributed by atoms with van der Waals surface area (Å²) in [4.78, 5) is 0. The molecule has 0 aliphatic carbocycles. The first-order chi connectivity index (χ1) is 12.3. The van der Waals surface area contributed by atoms with E-state index in [4.69, 9.17) is 12.2 Å². The van der Waals surface area contributed by atoms with Gasteiger partial charge in [-0.05, 0) is 41.4 Å². The first kappa shape index (κ1) is 18.5. The fourth-order valence-electron chi connectivity index (χ4n) is 2.45. The number of hydrogen-bond acceptors (Lipinski definition) is 4. The Bertz CT molecular complexity index is 1010. The SMILES string of the molecule is CC(C)(C)c1ccc(-c2n[nH]c(=S)n2N=Cc2cc(Br)ccc2O)cc1. The number of H-pyrrole nitrogens is 1. The molecule has 1 heterocycles. The van der Waals surface area contributed by atoms with Crippen LogP contribution in [-0.4, -0.2) is 26.2 Å². The van der Waals surface area contributed by atoms with Gasteiger partial charge in [-0.25, -0.2) is 5.10 Å². The maximum absolute atomic E-state index is 9.96. The third kappa shape index (κ3) is 3.94. The van der Waals surface area contributed by atoms with Crippen LogP contribution in [0, 0.1) is 4.77 Å². The van der Waals surface area contributed by atoms with Crippen molar-refractivity contribution < 1.29 is 5.11 Å². The molecule has 5 nitrogen and oxygen atoms in total. The molecule has 0 fully saturated rings. The Labute approximate surface area is 165 Å². The minimum atomic E-state index is 0.0830. The van der Waals surface area contributed by atoms with Gasteiger partial charge in [0.15, 0.2) is 5.82 Å². The molecule has 0 atom stereocenters. The summed E-state index contributed by atoms with van der Waals surface area (Å²) in [7, 11) is 0. The van der Waals surface area contributed by atoms with E-state index in [9.17, 15) is 5.11 Å². The molecule has 3 aromatic rings. The predicted octanol–water partition coefficient (Wildman–Crippen LogP) is 5.26. The van der Waals surface area contributed by atoms with Gasteiger partial charge >= 0.3 is 0 Å². The highest BCUT2D eigenvalue weighted by atomic mass is 79.9. The second kappa shape index (κ2) is 7.17. The number of phenolic OH excluding ortho intramolecular Hbond substituents is 1. The Morgan fingerprint density at radius 3 is 2.54 bits per heavy atom. The van der Waals surface area contributed by atoms with Crippen molar-refractivity contribution in [1.82, 2.24) is 14.9 Å². The fourth-order valence-corrected chi connectivity index (χ4v) is 3.01. The minimum Gasteiger partial charge on any atom is -0.507 e. The number of halogens is 1. The molecular weight excluding hydrogens is 412 g/mol. The lowest BCUT2D eigenvalue weighted by Gasteiger charge is -2.18. The number of aromatic amines is 1. The molecule has 0 unspecified atom stereocenters. The molecular formula is C19H19BrN4OS. The van der Waals surface area contributed by atoms with Crippen LogP contribution in [0.3, 0.4) is 0 Å².